The number of fused-ring (bicyclic) bond motifs is 1. The summed E-state index contributed by atoms with van der Waals surface area (Å²) < 4.78 is 51.7. The second-order valence-corrected chi connectivity index (χ2v) is 9.12. The molecular weight excluding hydrogens is 479 g/mol. The second-order valence-electron chi connectivity index (χ2n) is 7.86. The maximum Gasteiger partial charge on any atom is 0.420 e. The largest absolute Gasteiger partial charge is 0.444 e. The molecule has 0 N–H and O–H groups in total. The van der Waals surface area contributed by atoms with E-state index in [0.29, 0.717) is 19.6 Å². The highest BCUT2D eigenvalue weighted by Gasteiger charge is 2.39. The summed E-state index contributed by atoms with van der Waals surface area (Å²) >= 11 is 9.00. The summed E-state index contributed by atoms with van der Waals surface area (Å²) in [6, 6.07) is 0.948. The number of halogens is 5. The molecule has 160 valence electrons. The molecule has 0 radical (unpaired) electrons. The van der Waals surface area contributed by atoms with E-state index in [0.717, 1.165) is 6.07 Å². The molecule has 1 atom stereocenters. The summed E-state index contributed by atoms with van der Waals surface area (Å²) in [5.41, 5.74) is -2.03. The fourth-order valence-electron chi connectivity index (χ4n) is 3.13. The van der Waals surface area contributed by atoms with E-state index >= 15 is 0 Å². The van der Waals surface area contributed by atoms with Crippen LogP contribution in [-0.2, 0) is 10.9 Å². The Morgan fingerprint density at radius 1 is 1.34 bits per heavy atom. The van der Waals surface area contributed by atoms with E-state index in [4.69, 9.17) is 20.8 Å². The first-order valence-corrected chi connectivity index (χ1v) is 10.1. The number of oxazole rings is 1. The van der Waals surface area contributed by atoms with Gasteiger partial charge in [-0.05, 0) is 49.7 Å². The number of amides is 1. The highest BCUT2D eigenvalue weighted by atomic mass is 79.9. The minimum Gasteiger partial charge on any atom is -0.444 e. The average molecular weight is 499 g/mol. The van der Waals surface area contributed by atoms with Crippen molar-refractivity contribution in [3.8, 4) is 0 Å². The van der Waals surface area contributed by atoms with Crippen molar-refractivity contribution >= 4 is 50.7 Å². The fraction of sp³-hybridized carbons (Fsp3) is 0.556. The molecule has 2 aromatic rings. The van der Waals surface area contributed by atoms with Gasteiger partial charge in [-0.3, -0.25) is 0 Å². The van der Waals surface area contributed by atoms with Crippen molar-refractivity contribution in [3.05, 3.63) is 21.1 Å². The smallest absolute Gasteiger partial charge is 0.420 e. The van der Waals surface area contributed by atoms with Crippen molar-refractivity contribution in [2.24, 2.45) is 0 Å². The van der Waals surface area contributed by atoms with Gasteiger partial charge in [0.1, 0.15) is 16.7 Å². The Morgan fingerprint density at radius 2 is 2.00 bits per heavy atom. The second kappa shape index (κ2) is 7.54. The van der Waals surface area contributed by atoms with E-state index in [1.165, 1.54) is 0 Å². The van der Waals surface area contributed by atoms with Gasteiger partial charge in [-0.25, -0.2) is 4.79 Å². The normalized spacial score (nSPS) is 18.4. The van der Waals surface area contributed by atoms with Gasteiger partial charge in [0.15, 0.2) is 5.58 Å². The first kappa shape index (κ1) is 22.0. The van der Waals surface area contributed by atoms with Crippen molar-refractivity contribution in [2.45, 2.75) is 45.5 Å². The summed E-state index contributed by atoms with van der Waals surface area (Å²) in [4.78, 5) is 19.7. The SMILES string of the molecule is CC1CN(C(=O)OC(C)(C)C)CCN1c1nc2c(C(F)(F)F)c(Cl)cc(Br)c2o1. The van der Waals surface area contributed by atoms with Crippen molar-refractivity contribution in [2.75, 3.05) is 24.5 Å². The first-order valence-electron chi connectivity index (χ1n) is 8.88. The molecule has 1 unspecified atom stereocenters. The van der Waals surface area contributed by atoms with Crippen molar-refractivity contribution in [1.29, 1.82) is 0 Å². The number of nitrogens with zero attached hydrogens (tertiary/aromatic N) is 3. The Labute approximate surface area is 179 Å². The molecular formula is C18H20BrClF3N3O3. The molecule has 29 heavy (non-hydrogen) atoms. The van der Waals surface area contributed by atoms with Crippen LogP contribution in [0.5, 0.6) is 0 Å². The minimum absolute atomic E-state index is 0.0292. The van der Waals surface area contributed by atoms with Gasteiger partial charge in [0.05, 0.1) is 9.50 Å². The number of alkyl halides is 3. The lowest BCUT2D eigenvalue weighted by atomic mass is 10.2. The van der Waals surface area contributed by atoms with Crippen LogP contribution in [-0.4, -0.2) is 47.3 Å². The number of carbonyl (C=O) groups excluding carboxylic acids is 1. The number of benzene rings is 1. The number of hydrogen-bond donors (Lipinski definition) is 0. The van der Waals surface area contributed by atoms with E-state index in [9.17, 15) is 18.0 Å². The van der Waals surface area contributed by atoms with E-state index in [-0.39, 0.29) is 27.6 Å². The van der Waals surface area contributed by atoms with Crippen molar-refractivity contribution in [1.82, 2.24) is 9.88 Å². The third-order valence-corrected chi connectivity index (χ3v) is 5.26. The molecule has 1 aromatic heterocycles. The van der Waals surface area contributed by atoms with Crippen LogP contribution in [0.25, 0.3) is 11.1 Å². The van der Waals surface area contributed by atoms with Crippen LogP contribution in [0.15, 0.2) is 15.0 Å². The summed E-state index contributed by atoms with van der Waals surface area (Å²) in [5, 5.41) is -0.459. The molecule has 11 heteroatoms. The quantitative estimate of drug-likeness (QED) is 0.504. The van der Waals surface area contributed by atoms with Gasteiger partial charge in [-0.2, -0.15) is 18.2 Å². The summed E-state index contributed by atoms with van der Waals surface area (Å²) in [5.74, 6) is 0. The maximum atomic E-state index is 13.5. The lowest BCUT2D eigenvalue weighted by molar-refractivity contribution is -0.136. The van der Waals surface area contributed by atoms with Crippen LogP contribution >= 0.6 is 27.5 Å². The van der Waals surface area contributed by atoms with Gasteiger partial charge in [0, 0.05) is 25.7 Å². The summed E-state index contributed by atoms with van der Waals surface area (Å²) in [6.45, 7) is 8.16. The van der Waals surface area contributed by atoms with Crippen LogP contribution in [0.2, 0.25) is 5.02 Å². The molecule has 1 aromatic carbocycles. The molecule has 6 nitrogen and oxygen atoms in total. The molecule has 1 amide bonds. The van der Waals surface area contributed by atoms with Crippen molar-refractivity contribution in [3.63, 3.8) is 0 Å². The maximum absolute atomic E-state index is 13.5. The van der Waals surface area contributed by atoms with Gasteiger partial charge in [0.25, 0.3) is 6.01 Å². The fourth-order valence-corrected chi connectivity index (χ4v) is 4.06. The predicted molar refractivity (Wildman–Crippen MR) is 106 cm³/mol. The highest BCUT2D eigenvalue weighted by molar-refractivity contribution is 9.10. The third kappa shape index (κ3) is 4.58. The Balaban J connectivity index is 1.89. The predicted octanol–water partition coefficient (Wildman–Crippen LogP) is 5.71. The third-order valence-electron chi connectivity index (χ3n) is 4.37. The number of aromatic nitrogens is 1. The van der Waals surface area contributed by atoms with Gasteiger partial charge in [0.2, 0.25) is 0 Å². The number of anilines is 1. The molecule has 1 aliphatic heterocycles. The lowest BCUT2D eigenvalue weighted by Gasteiger charge is -2.39. The number of piperazine rings is 1. The lowest BCUT2D eigenvalue weighted by Crippen LogP contribution is -2.54. The highest BCUT2D eigenvalue weighted by Crippen LogP contribution is 2.43. The molecule has 0 saturated carbocycles. The Kier molecular flexibility index (Phi) is 5.72. The Bertz CT molecular complexity index is 942. The van der Waals surface area contributed by atoms with Crippen LogP contribution in [0.4, 0.5) is 24.0 Å². The standard InChI is InChI=1S/C18H20BrClF3N3O3/c1-9-8-25(16(27)29-17(2,3)4)5-6-26(9)15-24-13-12(18(21,22)23)11(20)7-10(19)14(13)28-15/h7,9H,5-6,8H2,1-4H3. The van der Waals surface area contributed by atoms with Gasteiger partial charge in [-0.1, -0.05) is 11.6 Å². The Morgan fingerprint density at radius 3 is 2.55 bits per heavy atom. The van der Waals surface area contributed by atoms with Gasteiger partial charge in [-0.15, -0.1) is 0 Å². The zero-order valence-electron chi connectivity index (χ0n) is 16.2. The van der Waals surface area contributed by atoms with Crippen LogP contribution < -0.4 is 4.90 Å². The monoisotopic (exact) mass is 497 g/mol. The number of carbonyl (C=O) groups is 1. The molecule has 1 saturated heterocycles. The summed E-state index contributed by atoms with van der Waals surface area (Å²) in [6.07, 6.45) is -5.11. The molecule has 0 bridgehead atoms. The van der Waals surface area contributed by atoms with Crippen molar-refractivity contribution < 1.29 is 27.1 Å². The molecule has 3 rings (SSSR count). The number of ether oxygens (including phenoxy) is 1. The molecule has 2 heterocycles. The Hall–Kier alpha value is -1.68. The molecule has 0 spiro atoms. The zero-order valence-corrected chi connectivity index (χ0v) is 18.6. The van der Waals surface area contributed by atoms with E-state index in [2.05, 4.69) is 20.9 Å². The van der Waals surface area contributed by atoms with Gasteiger partial charge >= 0.3 is 12.3 Å². The molecule has 0 aliphatic carbocycles. The number of hydrogen-bond acceptors (Lipinski definition) is 5. The van der Waals surface area contributed by atoms with Crippen LogP contribution in [0.1, 0.15) is 33.3 Å². The average Bonchev–Trinajstić information content (AvgIpc) is 2.96. The zero-order chi connectivity index (χ0) is 21.7. The molecule has 1 fully saturated rings. The van der Waals surface area contributed by atoms with Crippen LogP contribution in [0.3, 0.4) is 0 Å². The first-order chi connectivity index (χ1) is 13.3. The topological polar surface area (TPSA) is 58.8 Å². The van der Waals surface area contributed by atoms with Crippen LogP contribution in [0, 0.1) is 0 Å². The van der Waals surface area contributed by atoms with Gasteiger partial charge < -0.3 is 19.0 Å². The summed E-state index contributed by atoms with van der Waals surface area (Å²) in [7, 11) is 0. The van der Waals surface area contributed by atoms with E-state index in [1.54, 1.807) is 30.6 Å². The van der Waals surface area contributed by atoms with E-state index < -0.39 is 28.5 Å². The van der Waals surface area contributed by atoms with E-state index in [1.807, 2.05) is 6.92 Å². The molecule has 1 aliphatic rings. The minimum atomic E-state index is -4.68. The number of rotatable bonds is 1.